The smallest absolute Gasteiger partial charge is 0.404 e. The summed E-state index contributed by atoms with van der Waals surface area (Å²) in [4.78, 5) is 0. The summed E-state index contributed by atoms with van der Waals surface area (Å²) in [5.41, 5.74) is -1.06. The number of phenols is 1. The van der Waals surface area contributed by atoms with Crippen LogP contribution in [0, 0.1) is 0 Å². The molecule has 0 amide bonds. The number of rotatable bonds is 1. The molecule has 0 spiro atoms. The minimum Gasteiger partial charge on any atom is -0.506 e. The van der Waals surface area contributed by atoms with Crippen LogP contribution in [0.25, 0.3) is 0 Å². The monoisotopic (exact) mass is 278 g/mol. The summed E-state index contributed by atoms with van der Waals surface area (Å²) in [6, 6.07) is 1.66. The Kier molecular flexibility index (Phi) is 3.52. The molecule has 8 heteroatoms. The number of alkyl halides is 6. The normalized spacial score (nSPS) is 13.2. The summed E-state index contributed by atoms with van der Waals surface area (Å²) in [5.74, 6) is -4.20. The fourth-order valence-electron chi connectivity index (χ4n) is 1.27. The zero-order valence-corrected chi connectivity index (χ0v) is 8.66. The molecular formula is C9H5ClF6O. The van der Waals surface area contributed by atoms with Crippen molar-refractivity contribution in [1.29, 1.82) is 0 Å². The number of hydrogen-bond donors (Lipinski definition) is 1. The second-order valence-corrected chi connectivity index (χ2v) is 3.63. The maximum absolute atomic E-state index is 12.3. The second-order valence-electron chi connectivity index (χ2n) is 3.23. The van der Waals surface area contributed by atoms with Crippen molar-refractivity contribution < 1.29 is 31.4 Å². The third-order valence-corrected chi connectivity index (χ3v) is 2.26. The molecule has 0 bridgehead atoms. The number of halogens is 7. The Morgan fingerprint density at radius 1 is 1.00 bits per heavy atom. The van der Waals surface area contributed by atoms with Crippen LogP contribution in [-0.4, -0.2) is 17.5 Å². The molecule has 1 rings (SSSR count). The van der Waals surface area contributed by atoms with E-state index in [0.29, 0.717) is 18.2 Å². The van der Waals surface area contributed by atoms with Gasteiger partial charge in [0.15, 0.2) is 5.92 Å². The fraction of sp³-hybridized carbons (Fsp3) is 0.333. The minimum atomic E-state index is -5.47. The summed E-state index contributed by atoms with van der Waals surface area (Å²) in [5, 5.41) is 8.37. The Labute approximate surface area is 96.6 Å². The van der Waals surface area contributed by atoms with Gasteiger partial charge in [-0.05, 0) is 17.7 Å². The molecule has 0 radical (unpaired) electrons. The van der Waals surface area contributed by atoms with E-state index < -0.39 is 34.6 Å². The minimum absolute atomic E-state index is 0.447. The van der Waals surface area contributed by atoms with E-state index in [2.05, 4.69) is 0 Å². The van der Waals surface area contributed by atoms with Gasteiger partial charge in [0, 0.05) is 0 Å². The van der Waals surface area contributed by atoms with E-state index in [1.807, 2.05) is 0 Å². The highest BCUT2D eigenvalue weighted by atomic mass is 35.5. The van der Waals surface area contributed by atoms with E-state index in [1.54, 1.807) is 0 Å². The topological polar surface area (TPSA) is 20.2 Å². The molecule has 96 valence electrons. The van der Waals surface area contributed by atoms with Crippen molar-refractivity contribution in [3.63, 3.8) is 0 Å². The number of benzene rings is 1. The number of phenolic OH excluding ortho intramolecular Hbond substituents is 1. The number of hydrogen-bond acceptors (Lipinski definition) is 1. The summed E-state index contributed by atoms with van der Waals surface area (Å²) >= 11 is 5.27. The highest BCUT2D eigenvalue weighted by molar-refractivity contribution is 6.32. The lowest BCUT2D eigenvalue weighted by Gasteiger charge is -2.23. The fourth-order valence-corrected chi connectivity index (χ4v) is 1.46. The second kappa shape index (κ2) is 4.29. The zero-order valence-electron chi connectivity index (χ0n) is 7.90. The van der Waals surface area contributed by atoms with Crippen LogP contribution in [0.15, 0.2) is 18.2 Å². The molecule has 0 unspecified atom stereocenters. The van der Waals surface area contributed by atoms with Gasteiger partial charge >= 0.3 is 12.4 Å². The van der Waals surface area contributed by atoms with Crippen molar-refractivity contribution in [3.8, 4) is 5.75 Å². The van der Waals surface area contributed by atoms with Crippen LogP contribution >= 0.6 is 11.6 Å². The number of aromatic hydroxyl groups is 1. The van der Waals surface area contributed by atoms with Crippen LogP contribution in [0.1, 0.15) is 11.5 Å². The average molecular weight is 279 g/mol. The summed E-state index contributed by atoms with van der Waals surface area (Å²) in [6.45, 7) is 0. The molecule has 17 heavy (non-hydrogen) atoms. The third-order valence-electron chi connectivity index (χ3n) is 1.96. The van der Waals surface area contributed by atoms with E-state index in [9.17, 15) is 26.3 Å². The molecule has 1 nitrogen and oxygen atoms in total. The Hall–Kier alpha value is -1.11. The summed E-state index contributed by atoms with van der Waals surface area (Å²) in [6.07, 6.45) is -10.9. The lowest BCUT2D eigenvalue weighted by atomic mass is 9.98. The van der Waals surface area contributed by atoms with E-state index >= 15 is 0 Å². The third kappa shape index (κ3) is 3.18. The van der Waals surface area contributed by atoms with Crippen molar-refractivity contribution in [3.05, 3.63) is 28.8 Å². The van der Waals surface area contributed by atoms with E-state index in [-0.39, 0.29) is 0 Å². The Morgan fingerprint density at radius 2 is 1.47 bits per heavy atom. The average Bonchev–Trinajstić information content (AvgIpc) is 2.06. The lowest BCUT2D eigenvalue weighted by molar-refractivity contribution is -0.253. The van der Waals surface area contributed by atoms with Gasteiger partial charge in [0.05, 0.1) is 5.02 Å². The van der Waals surface area contributed by atoms with Gasteiger partial charge in [-0.3, -0.25) is 0 Å². The first kappa shape index (κ1) is 14.0. The largest absolute Gasteiger partial charge is 0.506 e. The molecule has 1 N–H and O–H groups in total. The molecule has 0 fully saturated rings. The first-order chi connectivity index (χ1) is 7.53. The molecule has 0 aliphatic rings. The van der Waals surface area contributed by atoms with Gasteiger partial charge in [-0.1, -0.05) is 17.7 Å². The molecule has 1 aromatic rings. The standard InChI is InChI=1S/C9H5ClF6O/c10-5-3-4(1-2-6(5)17)7(8(11,12)13)9(14,15)16/h1-3,7,17H. The zero-order chi connectivity index (χ0) is 13.4. The predicted molar refractivity (Wildman–Crippen MR) is 48.0 cm³/mol. The first-order valence-electron chi connectivity index (χ1n) is 4.15. The predicted octanol–water partition coefficient (Wildman–Crippen LogP) is 4.25. The Balaban J connectivity index is 3.29. The van der Waals surface area contributed by atoms with Crippen LogP contribution in [0.2, 0.25) is 5.02 Å². The molecule has 0 aromatic heterocycles. The van der Waals surface area contributed by atoms with E-state index in [4.69, 9.17) is 16.7 Å². The molecule has 0 saturated heterocycles. The van der Waals surface area contributed by atoms with Crippen LogP contribution < -0.4 is 0 Å². The molecular weight excluding hydrogens is 274 g/mol. The van der Waals surface area contributed by atoms with Gasteiger partial charge in [0.1, 0.15) is 5.75 Å². The van der Waals surface area contributed by atoms with Crippen LogP contribution in [0.5, 0.6) is 5.75 Å². The van der Waals surface area contributed by atoms with Crippen LogP contribution in [0.4, 0.5) is 26.3 Å². The van der Waals surface area contributed by atoms with Crippen molar-refractivity contribution >= 4 is 11.6 Å². The Morgan fingerprint density at radius 3 is 1.82 bits per heavy atom. The molecule has 0 heterocycles. The van der Waals surface area contributed by atoms with Gasteiger partial charge in [-0.15, -0.1) is 0 Å². The first-order valence-corrected chi connectivity index (χ1v) is 4.53. The quantitative estimate of drug-likeness (QED) is 0.761. The van der Waals surface area contributed by atoms with Gasteiger partial charge < -0.3 is 5.11 Å². The Bertz CT molecular complexity index is 397. The maximum Gasteiger partial charge on any atom is 0.404 e. The van der Waals surface area contributed by atoms with Gasteiger partial charge in [-0.25, -0.2) is 0 Å². The van der Waals surface area contributed by atoms with Crippen molar-refractivity contribution in [1.82, 2.24) is 0 Å². The molecule has 0 aliphatic carbocycles. The van der Waals surface area contributed by atoms with Gasteiger partial charge in [0.25, 0.3) is 0 Å². The van der Waals surface area contributed by atoms with Crippen LogP contribution in [0.3, 0.4) is 0 Å². The summed E-state index contributed by atoms with van der Waals surface area (Å²) < 4.78 is 73.9. The highest BCUT2D eigenvalue weighted by Gasteiger charge is 2.57. The van der Waals surface area contributed by atoms with Crippen molar-refractivity contribution in [2.75, 3.05) is 0 Å². The molecule has 1 aromatic carbocycles. The lowest BCUT2D eigenvalue weighted by Crippen LogP contribution is -2.34. The van der Waals surface area contributed by atoms with Gasteiger partial charge in [0.2, 0.25) is 0 Å². The molecule has 0 aliphatic heterocycles. The maximum atomic E-state index is 12.3. The SMILES string of the molecule is Oc1ccc(C(C(F)(F)F)C(F)(F)F)cc1Cl. The molecule has 0 atom stereocenters. The van der Waals surface area contributed by atoms with Crippen LogP contribution in [-0.2, 0) is 0 Å². The van der Waals surface area contributed by atoms with E-state index in [0.717, 1.165) is 0 Å². The highest BCUT2D eigenvalue weighted by Crippen LogP contribution is 2.47. The molecule has 0 saturated carbocycles. The van der Waals surface area contributed by atoms with Crippen molar-refractivity contribution in [2.24, 2.45) is 0 Å². The van der Waals surface area contributed by atoms with Gasteiger partial charge in [-0.2, -0.15) is 26.3 Å². The van der Waals surface area contributed by atoms with E-state index in [1.165, 1.54) is 0 Å². The summed E-state index contributed by atoms with van der Waals surface area (Å²) in [7, 11) is 0. The van der Waals surface area contributed by atoms with Crippen molar-refractivity contribution in [2.45, 2.75) is 18.3 Å².